The maximum Gasteiger partial charge on any atom is 0.253 e. The Kier molecular flexibility index (Phi) is 4.48. The van der Waals surface area contributed by atoms with E-state index in [0.29, 0.717) is 17.0 Å². The van der Waals surface area contributed by atoms with Crippen molar-refractivity contribution >= 4 is 40.7 Å². The molecule has 1 aromatic carbocycles. The van der Waals surface area contributed by atoms with Gasteiger partial charge in [0, 0.05) is 25.2 Å². The fraction of sp³-hybridized carbons (Fsp3) is 0.154. The van der Waals surface area contributed by atoms with E-state index in [1.165, 1.54) is 4.90 Å². The fourth-order valence-corrected chi connectivity index (χ4v) is 2.02. The highest BCUT2D eigenvalue weighted by Gasteiger charge is 2.12. The molecule has 4 nitrogen and oxygen atoms in total. The van der Waals surface area contributed by atoms with Crippen molar-refractivity contribution < 1.29 is 4.79 Å². The van der Waals surface area contributed by atoms with Gasteiger partial charge in [-0.2, -0.15) is 0 Å². The number of rotatable bonds is 2. The standard InChI is InChI=1S/C13H10Cl3N3O/c1-19(2)13(20)8-5-3-7(4-6-8)12-17-10(15)9(14)11(16)18-12/h3-6H,1-2H3. The predicted octanol–water partition coefficient (Wildman–Crippen LogP) is 3.81. The van der Waals surface area contributed by atoms with Gasteiger partial charge in [-0.15, -0.1) is 0 Å². The van der Waals surface area contributed by atoms with E-state index < -0.39 is 0 Å². The summed E-state index contributed by atoms with van der Waals surface area (Å²) in [6, 6.07) is 6.84. The Morgan fingerprint density at radius 2 is 1.50 bits per heavy atom. The average molecular weight is 331 g/mol. The smallest absolute Gasteiger partial charge is 0.253 e. The van der Waals surface area contributed by atoms with E-state index in [1.54, 1.807) is 38.4 Å². The Morgan fingerprint density at radius 1 is 1.00 bits per heavy atom. The minimum absolute atomic E-state index is 0.0790. The third-order valence-corrected chi connectivity index (χ3v) is 3.67. The zero-order valence-corrected chi connectivity index (χ0v) is 13.0. The number of carbonyl (C=O) groups excluding carboxylic acids is 1. The third-order valence-electron chi connectivity index (χ3n) is 2.57. The van der Waals surface area contributed by atoms with Crippen LogP contribution in [0.3, 0.4) is 0 Å². The Hall–Kier alpha value is -1.36. The van der Waals surface area contributed by atoms with Crippen LogP contribution >= 0.6 is 34.8 Å². The largest absolute Gasteiger partial charge is 0.345 e. The molecular weight excluding hydrogens is 321 g/mol. The van der Waals surface area contributed by atoms with Crippen molar-refractivity contribution in [2.24, 2.45) is 0 Å². The van der Waals surface area contributed by atoms with E-state index in [4.69, 9.17) is 34.8 Å². The van der Waals surface area contributed by atoms with Gasteiger partial charge in [0.05, 0.1) is 0 Å². The van der Waals surface area contributed by atoms with Gasteiger partial charge in [-0.05, 0) is 12.1 Å². The van der Waals surface area contributed by atoms with Crippen molar-refractivity contribution in [2.45, 2.75) is 0 Å². The van der Waals surface area contributed by atoms with Gasteiger partial charge >= 0.3 is 0 Å². The molecule has 7 heteroatoms. The van der Waals surface area contributed by atoms with Crippen LogP contribution in [-0.2, 0) is 0 Å². The molecule has 0 atom stereocenters. The molecule has 1 aromatic heterocycles. The molecule has 0 fully saturated rings. The van der Waals surface area contributed by atoms with Crippen molar-refractivity contribution in [1.29, 1.82) is 0 Å². The first-order valence-corrected chi connectivity index (χ1v) is 6.74. The molecule has 0 saturated heterocycles. The lowest BCUT2D eigenvalue weighted by atomic mass is 10.1. The van der Waals surface area contributed by atoms with Crippen molar-refractivity contribution in [3.63, 3.8) is 0 Å². The van der Waals surface area contributed by atoms with Gasteiger partial charge in [0.1, 0.15) is 5.02 Å². The summed E-state index contributed by atoms with van der Waals surface area (Å²) < 4.78 is 0. The second kappa shape index (κ2) is 5.95. The van der Waals surface area contributed by atoms with Crippen LogP contribution in [0.5, 0.6) is 0 Å². The second-order valence-corrected chi connectivity index (χ2v) is 5.31. The van der Waals surface area contributed by atoms with E-state index in [-0.39, 0.29) is 21.2 Å². The van der Waals surface area contributed by atoms with Gasteiger partial charge < -0.3 is 4.90 Å². The van der Waals surface area contributed by atoms with Gasteiger partial charge in [0.2, 0.25) is 0 Å². The first-order valence-electron chi connectivity index (χ1n) is 5.60. The maximum absolute atomic E-state index is 11.8. The van der Waals surface area contributed by atoms with Gasteiger partial charge in [0.25, 0.3) is 5.91 Å². The summed E-state index contributed by atoms with van der Waals surface area (Å²) >= 11 is 17.5. The lowest BCUT2D eigenvalue weighted by molar-refractivity contribution is 0.0827. The maximum atomic E-state index is 11.8. The van der Waals surface area contributed by atoms with Crippen LogP contribution in [0.2, 0.25) is 15.3 Å². The number of hydrogen-bond acceptors (Lipinski definition) is 3. The molecule has 0 saturated carbocycles. The fourth-order valence-electron chi connectivity index (χ4n) is 1.54. The zero-order chi connectivity index (χ0) is 14.9. The third kappa shape index (κ3) is 3.03. The predicted molar refractivity (Wildman–Crippen MR) is 80.5 cm³/mol. The highest BCUT2D eigenvalue weighted by molar-refractivity contribution is 6.46. The quantitative estimate of drug-likeness (QED) is 0.787. The van der Waals surface area contributed by atoms with Crippen LogP contribution in [0, 0.1) is 0 Å². The molecule has 20 heavy (non-hydrogen) atoms. The molecule has 2 rings (SSSR count). The van der Waals surface area contributed by atoms with E-state index in [1.807, 2.05) is 0 Å². The van der Waals surface area contributed by atoms with Gasteiger partial charge in [0.15, 0.2) is 16.1 Å². The molecule has 2 aromatic rings. The van der Waals surface area contributed by atoms with E-state index in [2.05, 4.69) is 9.97 Å². The highest BCUT2D eigenvalue weighted by Crippen LogP contribution is 2.29. The molecule has 1 heterocycles. The summed E-state index contributed by atoms with van der Waals surface area (Å²) in [5.74, 6) is 0.276. The van der Waals surface area contributed by atoms with Crippen molar-refractivity contribution in [2.75, 3.05) is 14.1 Å². The van der Waals surface area contributed by atoms with E-state index >= 15 is 0 Å². The van der Waals surface area contributed by atoms with Gasteiger partial charge in [-0.3, -0.25) is 4.79 Å². The first kappa shape index (κ1) is 15.0. The number of benzene rings is 1. The molecular formula is C13H10Cl3N3O. The molecule has 0 radical (unpaired) electrons. The summed E-state index contributed by atoms with van der Waals surface area (Å²) in [5.41, 5.74) is 1.27. The summed E-state index contributed by atoms with van der Waals surface area (Å²) in [5, 5.41) is 0.307. The lowest BCUT2D eigenvalue weighted by Gasteiger charge is -2.10. The Labute approximate surface area is 131 Å². The zero-order valence-electron chi connectivity index (χ0n) is 10.7. The molecule has 104 valence electrons. The van der Waals surface area contributed by atoms with Crippen LogP contribution in [0.15, 0.2) is 24.3 Å². The van der Waals surface area contributed by atoms with Crippen LogP contribution in [0.1, 0.15) is 10.4 Å². The van der Waals surface area contributed by atoms with Crippen molar-refractivity contribution in [3.8, 4) is 11.4 Å². The Morgan fingerprint density at radius 3 is 1.95 bits per heavy atom. The van der Waals surface area contributed by atoms with Crippen molar-refractivity contribution in [1.82, 2.24) is 14.9 Å². The van der Waals surface area contributed by atoms with E-state index in [0.717, 1.165) is 0 Å². The SMILES string of the molecule is CN(C)C(=O)c1ccc(-c2nc(Cl)c(Cl)c(Cl)n2)cc1. The molecule has 0 N–H and O–H groups in total. The van der Waals surface area contributed by atoms with Crippen LogP contribution in [-0.4, -0.2) is 34.9 Å². The Bertz CT molecular complexity index is 633. The molecule has 1 amide bonds. The van der Waals surface area contributed by atoms with E-state index in [9.17, 15) is 4.79 Å². The minimum atomic E-state index is -0.0790. The van der Waals surface area contributed by atoms with Gasteiger partial charge in [-0.25, -0.2) is 9.97 Å². The molecule has 0 aliphatic heterocycles. The normalized spacial score (nSPS) is 10.4. The Balaban J connectivity index is 2.38. The average Bonchev–Trinajstić information content (AvgIpc) is 2.43. The molecule has 0 aliphatic carbocycles. The number of amides is 1. The number of aromatic nitrogens is 2. The molecule has 0 bridgehead atoms. The highest BCUT2D eigenvalue weighted by atomic mass is 35.5. The molecule has 0 unspecified atom stereocenters. The van der Waals surface area contributed by atoms with Gasteiger partial charge in [-0.1, -0.05) is 46.9 Å². The number of halogens is 3. The van der Waals surface area contributed by atoms with Crippen molar-refractivity contribution in [3.05, 3.63) is 45.2 Å². The summed E-state index contributed by atoms with van der Waals surface area (Å²) in [6.07, 6.45) is 0. The number of carbonyl (C=O) groups is 1. The van der Waals surface area contributed by atoms with Crippen LogP contribution in [0.4, 0.5) is 0 Å². The molecule has 0 spiro atoms. The van der Waals surface area contributed by atoms with Crippen LogP contribution in [0.25, 0.3) is 11.4 Å². The topological polar surface area (TPSA) is 46.1 Å². The van der Waals surface area contributed by atoms with Crippen LogP contribution < -0.4 is 0 Å². The number of nitrogens with zero attached hydrogens (tertiary/aromatic N) is 3. The first-order chi connectivity index (χ1) is 9.40. The molecule has 0 aliphatic rings. The summed E-state index contributed by atoms with van der Waals surface area (Å²) in [7, 11) is 3.39. The monoisotopic (exact) mass is 329 g/mol. The summed E-state index contributed by atoms with van der Waals surface area (Å²) in [4.78, 5) is 21.4. The number of hydrogen-bond donors (Lipinski definition) is 0. The minimum Gasteiger partial charge on any atom is -0.345 e. The lowest BCUT2D eigenvalue weighted by Crippen LogP contribution is -2.21. The summed E-state index contributed by atoms with van der Waals surface area (Å²) in [6.45, 7) is 0. The second-order valence-electron chi connectivity index (χ2n) is 4.22.